The van der Waals surface area contributed by atoms with Crippen molar-refractivity contribution in [1.29, 1.82) is 0 Å². The zero-order valence-electron chi connectivity index (χ0n) is 17.6. The fourth-order valence-corrected chi connectivity index (χ4v) is 2.42. The number of nitrogens with one attached hydrogen (secondary N) is 2. The van der Waals surface area contributed by atoms with Gasteiger partial charge < -0.3 is 29.6 Å². The van der Waals surface area contributed by atoms with Crippen LogP contribution in [0.1, 0.15) is 25.8 Å². The molecule has 28 heavy (non-hydrogen) atoms. The Labute approximate surface area is 186 Å². The van der Waals surface area contributed by atoms with Crippen LogP contribution in [0.5, 0.6) is 11.5 Å². The molecule has 0 saturated heterocycles. The maximum absolute atomic E-state index is 5.68. The van der Waals surface area contributed by atoms with Gasteiger partial charge >= 0.3 is 0 Å². The number of benzene rings is 1. The van der Waals surface area contributed by atoms with Crippen LogP contribution in [-0.2, 0) is 15.9 Å². The lowest BCUT2D eigenvalue weighted by atomic mass is 10.1. The molecule has 0 heterocycles. The van der Waals surface area contributed by atoms with E-state index in [0.29, 0.717) is 33.0 Å². The summed E-state index contributed by atoms with van der Waals surface area (Å²) in [5.41, 5.74) is 1.19. The van der Waals surface area contributed by atoms with Crippen molar-refractivity contribution < 1.29 is 18.9 Å². The van der Waals surface area contributed by atoms with Gasteiger partial charge in [-0.1, -0.05) is 6.07 Å². The molecule has 0 aromatic heterocycles. The number of halogens is 1. The van der Waals surface area contributed by atoms with Crippen LogP contribution in [0.25, 0.3) is 0 Å². The first-order valence-corrected chi connectivity index (χ1v) is 9.64. The number of rotatable bonds is 14. The Balaban J connectivity index is 0.00000729. The summed E-state index contributed by atoms with van der Waals surface area (Å²) in [4.78, 5) is 4.24. The minimum atomic E-state index is 0. The van der Waals surface area contributed by atoms with E-state index in [-0.39, 0.29) is 24.0 Å². The molecule has 1 aromatic carbocycles. The third kappa shape index (κ3) is 11.6. The molecular weight excluding hydrogens is 473 g/mol. The summed E-state index contributed by atoms with van der Waals surface area (Å²) in [5, 5.41) is 6.61. The van der Waals surface area contributed by atoms with Crippen LogP contribution in [0.15, 0.2) is 23.2 Å². The lowest BCUT2D eigenvalue weighted by Gasteiger charge is -2.14. The molecular formula is C20H36IN3O4. The summed E-state index contributed by atoms with van der Waals surface area (Å²) in [6.07, 6.45) is 1.79. The molecule has 7 nitrogen and oxygen atoms in total. The van der Waals surface area contributed by atoms with Crippen molar-refractivity contribution in [3.63, 3.8) is 0 Å². The van der Waals surface area contributed by atoms with Gasteiger partial charge in [-0.05, 0) is 44.4 Å². The number of guanidine groups is 1. The summed E-state index contributed by atoms with van der Waals surface area (Å²) in [6.45, 7) is 8.75. The highest BCUT2D eigenvalue weighted by Crippen LogP contribution is 2.28. The van der Waals surface area contributed by atoms with Crippen LogP contribution in [-0.4, -0.2) is 66.2 Å². The fourth-order valence-electron chi connectivity index (χ4n) is 2.42. The third-order valence-electron chi connectivity index (χ3n) is 3.73. The molecule has 8 heteroatoms. The van der Waals surface area contributed by atoms with E-state index >= 15 is 0 Å². The Morgan fingerprint density at radius 3 is 2.36 bits per heavy atom. The van der Waals surface area contributed by atoms with E-state index < -0.39 is 0 Å². The molecule has 0 spiro atoms. The van der Waals surface area contributed by atoms with Gasteiger partial charge in [-0.25, -0.2) is 0 Å². The topological polar surface area (TPSA) is 73.3 Å². The van der Waals surface area contributed by atoms with Crippen LogP contribution in [0.4, 0.5) is 0 Å². The van der Waals surface area contributed by atoms with Crippen molar-refractivity contribution in [2.45, 2.75) is 26.7 Å². The number of hydrogen-bond donors (Lipinski definition) is 2. The van der Waals surface area contributed by atoms with Gasteiger partial charge in [-0.2, -0.15) is 0 Å². The highest BCUT2D eigenvalue weighted by atomic mass is 127. The van der Waals surface area contributed by atoms with Crippen molar-refractivity contribution in [3.05, 3.63) is 23.8 Å². The van der Waals surface area contributed by atoms with Crippen LogP contribution in [0, 0.1) is 0 Å². The van der Waals surface area contributed by atoms with E-state index in [1.165, 1.54) is 5.56 Å². The Morgan fingerprint density at radius 2 is 1.68 bits per heavy atom. The average molecular weight is 509 g/mol. The lowest BCUT2D eigenvalue weighted by molar-refractivity contribution is 0.0698. The minimum absolute atomic E-state index is 0. The maximum Gasteiger partial charge on any atom is 0.190 e. The smallest absolute Gasteiger partial charge is 0.190 e. The van der Waals surface area contributed by atoms with E-state index in [1.807, 2.05) is 26.0 Å². The van der Waals surface area contributed by atoms with Gasteiger partial charge in [0.1, 0.15) is 0 Å². The predicted octanol–water partition coefficient (Wildman–Crippen LogP) is 2.86. The number of hydrogen-bond acceptors (Lipinski definition) is 5. The van der Waals surface area contributed by atoms with Crippen molar-refractivity contribution in [3.8, 4) is 11.5 Å². The summed E-state index contributed by atoms with van der Waals surface area (Å²) in [6, 6.07) is 6.09. The van der Waals surface area contributed by atoms with E-state index in [0.717, 1.165) is 43.4 Å². The lowest BCUT2D eigenvalue weighted by Crippen LogP contribution is -2.39. The number of ether oxygens (including phenoxy) is 4. The Morgan fingerprint density at radius 1 is 0.964 bits per heavy atom. The second-order valence-electron chi connectivity index (χ2n) is 5.78. The second kappa shape index (κ2) is 17.8. The summed E-state index contributed by atoms with van der Waals surface area (Å²) in [7, 11) is 3.44. The molecule has 162 valence electrons. The summed E-state index contributed by atoms with van der Waals surface area (Å²) < 4.78 is 21.7. The van der Waals surface area contributed by atoms with Crippen LogP contribution in [0.2, 0.25) is 0 Å². The molecule has 0 bridgehead atoms. The monoisotopic (exact) mass is 509 g/mol. The number of methoxy groups -OCH3 is 1. The van der Waals surface area contributed by atoms with Crippen molar-refractivity contribution in [1.82, 2.24) is 10.6 Å². The Bertz CT molecular complexity index is 544. The van der Waals surface area contributed by atoms with Crippen molar-refractivity contribution in [2.24, 2.45) is 4.99 Å². The van der Waals surface area contributed by atoms with E-state index in [1.54, 1.807) is 14.2 Å². The zero-order chi connectivity index (χ0) is 19.7. The van der Waals surface area contributed by atoms with Crippen LogP contribution in [0.3, 0.4) is 0 Å². The van der Waals surface area contributed by atoms with Crippen molar-refractivity contribution in [2.75, 3.05) is 60.3 Å². The first-order chi connectivity index (χ1) is 13.2. The largest absolute Gasteiger partial charge is 0.490 e. The fraction of sp³-hybridized carbons (Fsp3) is 0.650. The Hall–Kier alpha value is -1.26. The normalized spacial score (nSPS) is 10.9. The first kappa shape index (κ1) is 26.7. The molecule has 0 unspecified atom stereocenters. The second-order valence-corrected chi connectivity index (χ2v) is 5.78. The van der Waals surface area contributed by atoms with Gasteiger partial charge in [-0.15, -0.1) is 24.0 Å². The molecule has 0 saturated carbocycles. The van der Waals surface area contributed by atoms with Gasteiger partial charge in [0, 0.05) is 33.9 Å². The van der Waals surface area contributed by atoms with Gasteiger partial charge in [0.05, 0.1) is 26.4 Å². The third-order valence-corrected chi connectivity index (χ3v) is 3.73. The van der Waals surface area contributed by atoms with Crippen molar-refractivity contribution >= 4 is 29.9 Å². The molecule has 1 rings (SSSR count). The van der Waals surface area contributed by atoms with Crippen LogP contribution >= 0.6 is 24.0 Å². The van der Waals surface area contributed by atoms with E-state index in [9.17, 15) is 0 Å². The molecule has 0 radical (unpaired) electrons. The molecule has 0 amide bonds. The molecule has 0 fully saturated rings. The van der Waals surface area contributed by atoms with Gasteiger partial charge in [0.2, 0.25) is 0 Å². The molecule has 0 atom stereocenters. The van der Waals surface area contributed by atoms with E-state index in [2.05, 4.69) is 21.7 Å². The van der Waals surface area contributed by atoms with Gasteiger partial charge in [-0.3, -0.25) is 4.99 Å². The number of nitrogens with zero attached hydrogens (tertiary/aromatic N) is 1. The molecule has 1 aromatic rings. The van der Waals surface area contributed by atoms with Gasteiger partial charge in [0.15, 0.2) is 17.5 Å². The zero-order valence-corrected chi connectivity index (χ0v) is 19.9. The average Bonchev–Trinajstić information content (AvgIpc) is 2.68. The molecule has 0 aliphatic rings. The summed E-state index contributed by atoms with van der Waals surface area (Å²) in [5.74, 6) is 2.39. The highest BCUT2D eigenvalue weighted by Gasteiger charge is 2.06. The summed E-state index contributed by atoms with van der Waals surface area (Å²) >= 11 is 0. The molecule has 0 aliphatic heterocycles. The quantitative estimate of drug-likeness (QED) is 0.174. The highest BCUT2D eigenvalue weighted by molar-refractivity contribution is 14.0. The molecule has 2 N–H and O–H groups in total. The minimum Gasteiger partial charge on any atom is -0.490 e. The first-order valence-electron chi connectivity index (χ1n) is 9.64. The molecule has 0 aliphatic carbocycles. The van der Waals surface area contributed by atoms with E-state index in [4.69, 9.17) is 18.9 Å². The predicted molar refractivity (Wildman–Crippen MR) is 125 cm³/mol. The van der Waals surface area contributed by atoms with Crippen LogP contribution < -0.4 is 20.1 Å². The standard InChI is InChI=1S/C20H35N3O4.HI/c1-5-26-18-9-8-17(16-19(18)27-6-2)10-12-23-20(21-3)22-11-7-13-25-15-14-24-4;/h8-9,16H,5-7,10-15H2,1-4H3,(H2,21,22,23);1H. The maximum atomic E-state index is 5.68. The number of aliphatic imine (C=N–C) groups is 1. The van der Waals surface area contributed by atoms with Gasteiger partial charge in [0.25, 0.3) is 0 Å². The SMILES string of the molecule is CCOc1ccc(CCNC(=NC)NCCCOCCOC)cc1OCC.I. The Kier molecular flexibility index (Phi) is 17.0.